The molecule has 1 fully saturated rings. The molecule has 2 aromatic rings. The second-order valence-electron chi connectivity index (χ2n) is 4.66. The summed E-state index contributed by atoms with van der Waals surface area (Å²) in [6, 6.07) is 0.278. The highest BCUT2D eigenvalue weighted by Crippen LogP contribution is 2.42. The summed E-state index contributed by atoms with van der Waals surface area (Å²) in [7, 11) is 1.51. The van der Waals surface area contributed by atoms with Crippen molar-refractivity contribution in [2.45, 2.75) is 25.4 Å². The molecule has 9 heteroatoms. The Bertz CT molecular complexity index is 636. The normalized spacial score (nSPS) is 14.0. The molecule has 0 bridgehead atoms. The van der Waals surface area contributed by atoms with Gasteiger partial charge in [0.25, 0.3) is 5.91 Å². The van der Waals surface area contributed by atoms with Gasteiger partial charge in [-0.05, 0) is 12.8 Å². The number of amides is 1. The number of aromatic nitrogens is 2. The first-order valence-corrected chi connectivity index (χ1v) is 7.27. The van der Waals surface area contributed by atoms with Gasteiger partial charge in [-0.2, -0.15) is 4.98 Å². The molecule has 1 amide bonds. The van der Waals surface area contributed by atoms with Crippen LogP contribution < -0.4 is 21.1 Å². The van der Waals surface area contributed by atoms with E-state index in [0.717, 1.165) is 12.8 Å². The number of hydrogen-bond acceptors (Lipinski definition) is 8. The van der Waals surface area contributed by atoms with Gasteiger partial charge in [0.05, 0.1) is 13.7 Å². The molecule has 2 heterocycles. The fourth-order valence-corrected chi connectivity index (χ4v) is 2.81. The molecule has 4 N–H and O–H groups in total. The number of hydrogen-bond donors (Lipinski definition) is 3. The number of methoxy groups -OCH3 is 1. The molecule has 0 saturated heterocycles. The molecule has 0 spiro atoms. The summed E-state index contributed by atoms with van der Waals surface area (Å²) in [5.41, 5.74) is 6.34. The number of ether oxygens (including phenoxy) is 1. The first kappa shape index (κ1) is 13.7. The van der Waals surface area contributed by atoms with Crippen LogP contribution in [0.2, 0.25) is 0 Å². The average Bonchev–Trinajstić information content (AvgIpc) is 3.02. The zero-order valence-corrected chi connectivity index (χ0v) is 12.2. The Kier molecular flexibility index (Phi) is 3.65. The van der Waals surface area contributed by atoms with Crippen LogP contribution in [-0.2, 0) is 6.54 Å². The Balaban J connectivity index is 1.77. The fourth-order valence-electron chi connectivity index (χ4n) is 1.82. The van der Waals surface area contributed by atoms with Crippen molar-refractivity contribution in [3.05, 3.63) is 17.1 Å². The molecular weight excluding hydrogens is 294 g/mol. The van der Waals surface area contributed by atoms with E-state index in [2.05, 4.69) is 25.3 Å². The van der Waals surface area contributed by atoms with Crippen LogP contribution in [-0.4, -0.2) is 29.2 Å². The first-order chi connectivity index (χ1) is 10.2. The Morgan fingerprint density at radius 1 is 1.62 bits per heavy atom. The summed E-state index contributed by atoms with van der Waals surface area (Å²) in [6.07, 6.45) is 3.31. The minimum atomic E-state index is -0.161. The second kappa shape index (κ2) is 5.60. The number of nitrogens with one attached hydrogen (secondary N) is 2. The Morgan fingerprint density at radius 2 is 2.43 bits per heavy atom. The number of carbonyl (C=O) groups is 1. The molecule has 0 aromatic carbocycles. The zero-order chi connectivity index (χ0) is 14.8. The largest absolute Gasteiger partial charge is 0.492 e. The van der Waals surface area contributed by atoms with E-state index < -0.39 is 0 Å². The van der Waals surface area contributed by atoms with Crippen molar-refractivity contribution in [2.75, 3.05) is 18.2 Å². The van der Waals surface area contributed by atoms with Crippen molar-refractivity contribution in [1.29, 1.82) is 0 Å². The molecule has 0 radical (unpaired) electrons. The lowest BCUT2D eigenvalue weighted by molar-refractivity contribution is 0.0956. The SMILES string of the molecule is COc1c(NCc2ncon2)sc(C(=O)NC2CC2)c1N. The molecule has 112 valence electrons. The first-order valence-electron chi connectivity index (χ1n) is 6.45. The topological polar surface area (TPSA) is 115 Å². The van der Waals surface area contributed by atoms with Gasteiger partial charge in [0, 0.05) is 6.04 Å². The van der Waals surface area contributed by atoms with E-state index in [0.29, 0.717) is 33.7 Å². The van der Waals surface area contributed by atoms with Crippen LogP contribution in [0.15, 0.2) is 10.9 Å². The summed E-state index contributed by atoms with van der Waals surface area (Å²) in [5.74, 6) is 0.809. The third-order valence-electron chi connectivity index (χ3n) is 3.04. The number of nitrogens with two attached hydrogens (primary N) is 1. The van der Waals surface area contributed by atoms with E-state index in [1.807, 2.05) is 0 Å². The number of nitrogen functional groups attached to an aromatic ring is 1. The highest BCUT2D eigenvalue weighted by Gasteiger charge is 2.28. The average molecular weight is 309 g/mol. The molecule has 1 aliphatic rings. The van der Waals surface area contributed by atoms with Crippen molar-refractivity contribution < 1.29 is 14.1 Å². The Hall–Kier alpha value is -2.29. The van der Waals surface area contributed by atoms with E-state index in [1.54, 1.807) is 0 Å². The Labute approximate surface area is 124 Å². The highest BCUT2D eigenvalue weighted by atomic mass is 32.1. The van der Waals surface area contributed by atoms with Gasteiger partial charge in [-0.3, -0.25) is 4.79 Å². The zero-order valence-electron chi connectivity index (χ0n) is 11.4. The molecule has 2 aromatic heterocycles. The number of nitrogens with zero attached hydrogens (tertiary/aromatic N) is 2. The number of rotatable bonds is 6. The van der Waals surface area contributed by atoms with Crippen LogP contribution in [0.3, 0.4) is 0 Å². The monoisotopic (exact) mass is 309 g/mol. The minimum Gasteiger partial charge on any atom is -0.492 e. The van der Waals surface area contributed by atoms with Gasteiger partial charge in [-0.15, -0.1) is 11.3 Å². The minimum absolute atomic E-state index is 0.161. The predicted octanol–water partition coefficient (Wildman–Crippen LogP) is 1.23. The van der Waals surface area contributed by atoms with Crippen LogP contribution in [0.25, 0.3) is 0 Å². The van der Waals surface area contributed by atoms with Gasteiger partial charge >= 0.3 is 0 Å². The van der Waals surface area contributed by atoms with Crippen molar-refractivity contribution in [1.82, 2.24) is 15.5 Å². The molecule has 0 atom stereocenters. The van der Waals surface area contributed by atoms with E-state index in [9.17, 15) is 4.79 Å². The van der Waals surface area contributed by atoms with Gasteiger partial charge < -0.3 is 25.6 Å². The number of carbonyl (C=O) groups excluding carboxylic acids is 1. The second-order valence-corrected chi connectivity index (χ2v) is 5.68. The lowest BCUT2D eigenvalue weighted by Gasteiger charge is -2.04. The quantitative estimate of drug-likeness (QED) is 0.735. The summed E-state index contributed by atoms with van der Waals surface area (Å²) in [4.78, 5) is 16.5. The van der Waals surface area contributed by atoms with E-state index in [-0.39, 0.29) is 11.9 Å². The van der Waals surface area contributed by atoms with E-state index in [1.165, 1.54) is 24.8 Å². The van der Waals surface area contributed by atoms with Crippen molar-refractivity contribution in [2.24, 2.45) is 0 Å². The maximum Gasteiger partial charge on any atom is 0.263 e. The smallest absolute Gasteiger partial charge is 0.263 e. The molecule has 1 saturated carbocycles. The summed E-state index contributed by atoms with van der Waals surface area (Å²) >= 11 is 1.25. The van der Waals surface area contributed by atoms with E-state index >= 15 is 0 Å². The summed E-state index contributed by atoms with van der Waals surface area (Å²) < 4.78 is 9.94. The van der Waals surface area contributed by atoms with Crippen molar-refractivity contribution >= 4 is 27.9 Å². The maximum atomic E-state index is 12.1. The fraction of sp³-hybridized carbons (Fsp3) is 0.417. The molecule has 0 unspecified atom stereocenters. The van der Waals surface area contributed by atoms with Gasteiger partial charge in [0.1, 0.15) is 15.6 Å². The molecule has 1 aliphatic carbocycles. The van der Waals surface area contributed by atoms with Crippen LogP contribution in [0, 0.1) is 0 Å². The van der Waals surface area contributed by atoms with Crippen molar-refractivity contribution in [3.63, 3.8) is 0 Å². The Morgan fingerprint density at radius 3 is 3.05 bits per heavy atom. The van der Waals surface area contributed by atoms with Crippen LogP contribution in [0.1, 0.15) is 28.3 Å². The van der Waals surface area contributed by atoms with Gasteiger partial charge in [0.2, 0.25) is 6.39 Å². The van der Waals surface area contributed by atoms with Crippen LogP contribution >= 0.6 is 11.3 Å². The standard InChI is InChI=1S/C12H15N5O3S/c1-19-9-8(13)10(11(18)16-6-2-3-6)21-12(9)14-4-7-15-5-20-17-7/h5-6,14H,2-4,13H2,1H3,(H,16,18). The number of thiophene rings is 1. The van der Waals surface area contributed by atoms with Crippen molar-refractivity contribution in [3.8, 4) is 5.75 Å². The van der Waals surface area contributed by atoms with Gasteiger partial charge in [-0.1, -0.05) is 5.16 Å². The van der Waals surface area contributed by atoms with Gasteiger partial charge in [-0.25, -0.2) is 0 Å². The molecule has 8 nitrogen and oxygen atoms in total. The molecular formula is C12H15N5O3S. The summed E-state index contributed by atoms with van der Waals surface area (Å²) in [5, 5.41) is 10.4. The third-order valence-corrected chi connectivity index (χ3v) is 4.18. The maximum absolute atomic E-state index is 12.1. The van der Waals surface area contributed by atoms with Crippen LogP contribution in [0.4, 0.5) is 10.7 Å². The highest BCUT2D eigenvalue weighted by molar-refractivity contribution is 7.19. The lowest BCUT2D eigenvalue weighted by atomic mass is 10.3. The van der Waals surface area contributed by atoms with Gasteiger partial charge in [0.15, 0.2) is 11.6 Å². The molecule has 0 aliphatic heterocycles. The molecule has 21 heavy (non-hydrogen) atoms. The molecule has 3 rings (SSSR count). The third kappa shape index (κ3) is 2.92. The lowest BCUT2D eigenvalue weighted by Crippen LogP contribution is -2.25. The van der Waals surface area contributed by atoms with Crippen LogP contribution in [0.5, 0.6) is 5.75 Å². The summed E-state index contributed by atoms with van der Waals surface area (Å²) in [6.45, 7) is 0.358. The van der Waals surface area contributed by atoms with E-state index in [4.69, 9.17) is 10.5 Å². The predicted molar refractivity (Wildman–Crippen MR) is 77.4 cm³/mol. The number of anilines is 2.